The van der Waals surface area contributed by atoms with Crippen molar-refractivity contribution in [2.75, 3.05) is 14.2 Å². The van der Waals surface area contributed by atoms with Crippen LogP contribution in [-0.4, -0.2) is 19.1 Å². The molecule has 0 saturated carbocycles. The first-order valence-corrected chi connectivity index (χ1v) is 7.12. The van der Waals surface area contributed by atoms with Crippen molar-refractivity contribution in [1.82, 2.24) is 4.90 Å². The van der Waals surface area contributed by atoms with Crippen molar-refractivity contribution >= 4 is 0 Å². The second kappa shape index (κ2) is 8.08. The Morgan fingerprint density at radius 1 is 1.05 bits per heavy atom. The second-order valence-corrected chi connectivity index (χ2v) is 5.18. The Morgan fingerprint density at radius 3 is 2.36 bits per heavy atom. The highest BCUT2D eigenvalue weighted by molar-refractivity contribution is 5.28. The highest BCUT2D eigenvalue weighted by Crippen LogP contribution is 2.16. The quantitative estimate of drug-likeness (QED) is 0.438. The molecule has 0 amide bonds. The van der Waals surface area contributed by atoms with Gasteiger partial charge in [-0.15, -0.1) is 0 Å². The molecule has 0 aliphatic rings. The molecule has 0 spiro atoms. The van der Waals surface area contributed by atoms with Crippen molar-refractivity contribution in [1.29, 1.82) is 0 Å². The maximum atomic E-state index is 8.48. The summed E-state index contributed by atoms with van der Waals surface area (Å²) in [5.74, 6) is 0.867. The molecule has 2 aromatic rings. The standard InChI is InChI=1S/C17H20N4O/c1-21(12-14-7-9-17(22-2)10-8-14)13-16-6-4-3-5-15(16)11-19-20-18/h3-10H,11-13H2,1-2H3. The third-order valence-corrected chi connectivity index (χ3v) is 3.47. The minimum absolute atomic E-state index is 0.392. The van der Waals surface area contributed by atoms with E-state index in [0.29, 0.717) is 6.54 Å². The van der Waals surface area contributed by atoms with Crippen LogP contribution in [0.3, 0.4) is 0 Å². The highest BCUT2D eigenvalue weighted by atomic mass is 16.5. The van der Waals surface area contributed by atoms with Crippen LogP contribution in [0, 0.1) is 0 Å². The van der Waals surface area contributed by atoms with E-state index >= 15 is 0 Å². The minimum Gasteiger partial charge on any atom is -0.497 e. The Labute approximate surface area is 130 Å². The molecule has 114 valence electrons. The Balaban J connectivity index is 2.01. The van der Waals surface area contributed by atoms with Crippen LogP contribution in [0.2, 0.25) is 0 Å². The zero-order chi connectivity index (χ0) is 15.8. The predicted molar refractivity (Wildman–Crippen MR) is 87.5 cm³/mol. The molecule has 0 atom stereocenters. The summed E-state index contributed by atoms with van der Waals surface area (Å²) in [6.45, 7) is 2.05. The van der Waals surface area contributed by atoms with Crippen molar-refractivity contribution in [3.63, 3.8) is 0 Å². The molecule has 0 N–H and O–H groups in total. The van der Waals surface area contributed by atoms with Gasteiger partial charge < -0.3 is 4.74 Å². The molecule has 0 heterocycles. The lowest BCUT2D eigenvalue weighted by molar-refractivity contribution is 0.318. The fourth-order valence-corrected chi connectivity index (χ4v) is 2.36. The van der Waals surface area contributed by atoms with Gasteiger partial charge in [-0.1, -0.05) is 41.5 Å². The number of nitrogens with zero attached hydrogens (tertiary/aromatic N) is 4. The van der Waals surface area contributed by atoms with Gasteiger partial charge in [-0.2, -0.15) is 0 Å². The Morgan fingerprint density at radius 2 is 1.73 bits per heavy atom. The van der Waals surface area contributed by atoms with Gasteiger partial charge in [0.1, 0.15) is 5.75 Å². The molecule has 2 rings (SSSR count). The van der Waals surface area contributed by atoms with Crippen molar-refractivity contribution in [3.8, 4) is 5.75 Å². The van der Waals surface area contributed by atoms with Crippen LogP contribution in [-0.2, 0) is 19.6 Å². The smallest absolute Gasteiger partial charge is 0.118 e. The van der Waals surface area contributed by atoms with E-state index in [4.69, 9.17) is 10.3 Å². The molecule has 0 unspecified atom stereocenters. The average molecular weight is 296 g/mol. The average Bonchev–Trinajstić information content (AvgIpc) is 2.54. The van der Waals surface area contributed by atoms with Crippen LogP contribution in [0.4, 0.5) is 0 Å². The summed E-state index contributed by atoms with van der Waals surface area (Å²) in [4.78, 5) is 5.07. The van der Waals surface area contributed by atoms with Crippen LogP contribution in [0.1, 0.15) is 16.7 Å². The number of ether oxygens (including phenoxy) is 1. The summed E-state index contributed by atoms with van der Waals surface area (Å²) in [6, 6.07) is 16.1. The molecule has 0 saturated heterocycles. The fraction of sp³-hybridized carbons (Fsp3) is 0.294. The summed E-state index contributed by atoms with van der Waals surface area (Å²) < 4.78 is 5.17. The Bertz CT molecular complexity index is 648. The first kappa shape index (κ1) is 15.9. The van der Waals surface area contributed by atoms with Crippen molar-refractivity contribution < 1.29 is 4.74 Å². The summed E-state index contributed by atoms with van der Waals surface area (Å²) in [6.07, 6.45) is 0. The van der Waals surface area contributed by atoms with E-state index < -0.39 is 0 Å². The molecule has 2 aromatic carbocycles. The zero-order valence-corrected chi connectivity index (χ0v) is 12.9. The van der Waals surface area contributed by atoms with Gasteiger partial charge in [-0.05, 0) is 41.4 Å². The number of hydrogen-bond acceptors (Lipinski definition) is 3. The van der Waals surface area contributed by atoms with E-state index in [1.54, 1.807) is 7.11 Å². The van der Waals surface area contributed by atoms with Gasteiger partial charge in [0.05, 0.1) is 13.7 Å². The highest BCUT2D eigenvalue weighted by Gasteiger charge is 2.06. The maximum absolute atomic E-state index is 8.48. The summed E-state index contributed by atoms with van der Waals surface area (Å²) in [7, 11) is 3.75. The van der Waals surface area contributed by atoms with E-state index in [-0.39, 0.29) is 0 Å². The van der Waals surface area contributed by atoms with Crippen molar-refractivity contribution in [3.05, 3.63) is 75.7 Å². The van der Waals surface area contributed by atoms with Crippen LogP contribution < -0.4 is 4.74 Å². The SMILES string of the molecule is COc1ccc(CN(C)Cc2ccccc2CN=[N+]=[N-])cc1. The number of hydrogen-bond donors (Lipinski definition) is 0. The van der Waals surface area contributed by atoms with E-state index in [0.717, 1.165) is 24.4 Å². The molecule has 0 aliphatic carbocycles. The first-order valence-electron chi connectivity index (χ1n) is 7.12. The predicted octanol–water partition coefficient (Wildman–Crippen LogP) is 4.14. The molecule has 5 nitrogen and oxygen atoms in total. The zero-order valence-electron chi connectivity index (χ0n) is 12.9. The van der Waals surface area contributed by atoms with E-state index in [1.807, 2.05) is 30.3 Å². The largest absolute Gasteiger partial charge is 0.497 e. The summed E-state index contributed by atoms with van der Waals surface area (Å²) >= 11 is 0. The lowest BCUT2D eigenvalue weighted by Crippen LogP contribution is -2.18. The summed E-state index contributed by atoms with van der Waals surface area (Å²) in [5.41, 5.74) is 12.0. The van der Waals surface area contributed by atoms with Gasteiger partial charge in [0.2, 0.25) is 0 Å². The first-order chi connectivity index (χ1) is 10.7. The molecule has 22 heavy (non-hydrogen) atoms. The van der Waals surface area contributed by atoms with Crippen molar-refractivity contribution in [2.45, 2.75) is 19.6 Å². The Hall–Kier alpha value is -2.49. The lowest BCUT2D eigenvalue weighted by atomic mass is 10.1. The van der Waals surface area contributed by atoms with Gasteiger partial charge in [0, 0.05) is 18.0 Å². The normalized spacial score (nSPS) is 10.3. The van der Waals surface area contributed by atoms with Gasteiger partial charge in [0.15, 0.2) is 0 Å². The number of methoxy groups -OCH3 is 1. The topological polar surface area (TPSA) is 61.2 Å². The lowest BCUT2D eigenvalue weighted by Gasteiger charge is -2.18. The van der Waals surface area contributed by atoms with E-state index in [2.05, 4.69) is 40.2 Å². The Kier molecular flexibility index (Phi) is 5.83. The number of benzene rings is 2. The molecular formula is C17H20N4O. The maximum Gasteiger partial charge on any atom is 0.118 e. The number of rotatable bonds is 7. The van der Waals surface area contributed by atoms with E-state index in [1.165, 1.54) is 11.1 Å². The molecule has 0 aliphatic heterocycles. The van der Waals surface area contributed by atoms with E-state index in [9.17, 15) is 0 Å². The van der Waals surface area contributed by atoms with Gasteiger partial charge >= 0.3 is 0 Å². The third-order valence-electron chi connectivity index (χ3n) is 3.47. The van der Waals surface area contributed by atoms with Gasteiger partial charge in [-0.25, -0.2) is 0 Å². The monoisotopic (exact) mass is 296 g/mol. The molecular weight excluding hydrogens is 276 g/mol. The fourth-order valence-electron chi connectivity index (χ4n) is 2.36. The van der Waals surface area contributed by atoms with Crippen LogP contribution in [0.5, 0.6) is 5.75 Å². The summed E-state index contributed by atoms with van der Waals surface area (Å²) in [5, 5.41) is 3.66. The van der Waals surface area contributed by atoms with Crippen LogP contribution in [0.15, 0.2) is 53.6 Å². The third kappa shape index (κ3) is 4.52. The van der Waals surface area contributed by atoms with Gasteiger partial charge in [-0.3, -0.25) is 4.90 Å². The molecule has 0 bridgehead atoms. The van der Waals surface area contributed by atoms with Crippen molar-refractivity contribution in [2.24, 2.45) is 5.11 Å². The van der Waals surface area contributed by atoms with Crippen LogP contribution in [0.25, 0.3) is 10.4 Å². The molecule has 0 fully saturated rings. The second-order valence-electron chi connectivity index (χ2n) is 5.18. The molecule has 5 heteroatoms. The van der Waals surface area contributed by atoms with Crippen LogP contribution >= 0.6 is 0 Å². The molecule has 0 aromatic heterocycles. The minimum atomic E-state index is 0.392. The van der Waals surface area contributed by atoms with Gasteiger partial charge in [0.25, 0.3) is 0 Å². The number of azide groups is 1. The molecule has 0 radical (unpaired) electrons.